The van der Waals surface area contributed by atoms with Gasteiger partial charge in [0.1, 0.15) is 0 Å². The predicted molar refractivity (Wildman–Crippen MR) is 81.1 cm³/mol. The highest BCUT2D eigenvalue weighted by Gasteiger charge is 2.11. The molecule has 0 saturated heterocycles. The van der Waals surface area contributed by atoms with Crippen LogP contribution in [-0.2, 0) is 20.0 Å². The van der Waals surface area contributed by atoms with E-state index < -0.39 is 0 Å². The first-order valence-electron chi connectivity index (χ1n) is 6.87. The molecule has 6 heteroatoms. The number of aromatic nitrogens is 4. The molecule has 5 nitrogen and oxygen atoms in total. The molecule has 0 saturated carbocycles. The summed E-state index contributed by atoms with van der Waals surface area (Å²) in [6, 6.07) is 0.348. The van der Waals surface area contributed by atoms with E-state index in [9.17, 15) is 0 Å². The molecule has 0 radical (unpaired) electrons. The van der Waals surface area contributed by atoms with Gasteiger partial charge in [0, 0.05) is 19.3 Å². The smallest absolute Gasteiger partial charge is 0.0844 e. The van der Waals surface area contributed by atoms with Gasteiger partial charge in [0.25, 0.3) is 0 Å². The van der Waals surface area contributed by atoms with Crippen molar-refractivity contribution in [3.05, 3.63) is 34.4 Å². The first-order chi connectivity index (χ1) is 9.47. The van der Waals surface area contributed by atoms with Crippen LogP contribution in [0.3, 0.4) is 0 Å². The number of halogens is 1. The molecular weight excluding hydrogens is 274 g/mol. The minimum Gasteiger partial charge on any atom is -0.312 e. The normalized spacial score (nSPS) is 12.8. The Labute approximate surface area is 124 Å². The molecule has 0 aliphatic heterocycles. The molecule has 1 atom stereocenters. The van der Waals surface area contributed by atoms with E-state index in [-0.39, 0.29) is 0 Å². The van der Waals surface area contributed by atoms with E-state index in [0.717, 1.165) is 35.9 Å². The first kappa shape index (κ1) is 15.1. The highest BCUT2D eigenvalue weighted by molar-refractivity contribution is 6.31. The standard InChI is InChI=1S/C14H22ClN5/c1-10(8-20-12(3)14(15)11(2)18-20)16-6-5-13-7-17-19(4)9-13/h7,9-10,16H,5-6,8H2,1-4H3. The molecule has 0 bridgehead atoms. The third kappa shape index (κ3) is 3.61. The Morgan fingerprint density at radius 2 is 2.15 bits per heavy atom. The van der Waals surface area contributed by atoms with Gasteiger partial charge in [-0.3, -0.25) is 9.36 Å². The molecule has 20 heavy (non-hydrogen) atoms. The fourth-order valence-electron chi connectivity index (χ4n) is 2.24. The van der Waals surface area contributed by atoms with Crippen molar-refractivity contribution < 1.29 is 0 Å². The molecule has 110 valence electrons. The van der Waals surface area contributed by atoms with Gasteiger partial charge in [-0.25, -0.2) is 0 Å². The van der Waals surface area contributed by atoms with Gasteiger partial charge >= 0.3 is 0 Å². The summed E-state index contributed by atoms with van der Waals surface area (Å²) in [5, 5.41) is 12.9. The Kier molecular flexibility index (Phi) is 4.83. The fraction of sp³-hybridized carbons (Fsp3) is 0.571. The maximum absolute atomic E-state index is 6.16. The van der Waals surface area contributed by atoms with Gasteiger partial charge in [0.15, 0.2) is 0 Å². The third-order valence-electron chi connectivity index (χ3n) is 3.40. The van der Waals surface area contributed by atoms with Crippen LogP contribution in [0.5, 0.6) is 0 Å². The predicted octanol–water partition coefficient (Wildman–Crippen LogP) is 2.11. The van der Waals surface area contributed by atoms with Gasteiger partial charge in [-0.2, -0.15) is 10.2 Å². The lowest BCUT2D eigenvalue weighted by Crippen LogP contribution is -2.32. The minimum absolute atomic E-state index is 0.348. The quantitative estimate of drug-likeness (QED) is 0.888. The lowest BCUT2D eigenvalue weighted by atomic mass is 10.2. The zero-order valence-corrected chi connectivity index (χ0v) is 13.3. The summed E-state index contributed by atoms with van der Waals surface area (Å²) in [5.41, 5.74) is 3.18. The van der Waals surface area contributed by atoms with Crippen LogP contribution in [0.1, 0.15) is 23.9 Å². The summed E-state index contributed by atoms with van der Waals surface area (Å²) in [4.78, 5) is 0. The van der Waals surface area contributed by atoms with E-state index in [1.165, 1.54) is 5.56 Å². The second-order valence-corrected chi connectivity index (χ2v) is 5.67. The summed E-state index contributed by atoms with van der Waals surface area (Å²) >= 11 is 6.16. The van der Waals surface area contributed by atoms with Crippen molar-refractivity contribution in [1.82, 2.24) is 24.9 Å². The molecule has 1 N–H and O–H groups in total. The van der Waals surface area contributed by atoms with Crippen LogP contribution >= 0.6 is 11.6 Å². The Balaban J connectivity index is 1.80. The summed E-state index contributed by atoms with van der Waals surface area (Å²) in [7, 11) is 1.94. The van der Waals surface area contributed by atoms with Crippen LogP contribution in [0.4, 0.5) is 0 Å². The molecule has 0 amide bonds. The lowest BCUT2D eigenvalue weighted by Gasteiger charge is -2.14. The molecule has 2 aromatic rings. The molecule has 0 aliphatic rings. The second kappa shape index (κ2) is 6.41. The van der Waals surface area contributed by atoms with Crippen molar-refractivity contribution in [2.75, 3.05) is 6.54 Å². The summed E-state index contributed by atoms with van der Waals surface area (Å²) in [6.45, 7) is 7.86. The van der Waals surface area contributed by atoms with Gasteiger partial charge in [0.2, 0.25) is 0 Å². The van der Waals surface area contributed by atoms with Crippen LogP contribution in [-0.4, -0.2) is 32.1 Å². The van der Waals surface area contributed by atoms with Crippen molar-refractivity contribution in [3.63, 3.8) is 0 Å². The second-order valence-electron chi connectivity index (χ2n) is 5.29. The van der Waals surface area contributed by atoms with E-state index in [2.05, 4.69) is 22.4 Å². The number of nitrogens with zero attached hydrogens (tertiary/aromatic N) is 4. The van der Waals surface area contributed by atoms with Crippen molar-refractivity contribution in [3.8, 4) is 0 Å². The van der Waals surface area contributed by atoms with E-state index >= 15 is 0 Å². The van der Waals surface area contributed by atoms with Crippen LogP contribution in [0.15, 0.2) is 12.4 Å². The van der Waals surface area contributed by atoms with Gasteiger partial charge in [0.05, 0.1) is 29.2 Å². The molecule has 0 spiro atoms. The summed E-state index contributed by atoms with van der Waals surface area (Å²) in [5.74, 6) is 0. The van der Waals surface area contributed by atoms with E-state index in [1.807, 2.05) is 42.7 Å². The maximum Gasteiger partial charge on any atom is 0.0844 e. The topological polar surface area (TPSA) is 47.7 Å². The molecule has 2 heterocycles. The number of aryl methyl sites for hydroxylation is 2. The molecule has 0 aromatic carbocycles. The highest BCUT2D eigenvalue weighted by Crippen LogP contribution is 2.18. The summed E-state index contributed by atoms with van der Waals surface area (Å²) < 4.78 is 3.80. The zero-order chi connectivity index (χ0) is 14.7. The van der Waals surface area contributed by atoms with Crippen molar-refractivity contribution in [2.45, 2.75) is 39.8 Å². The number of nitrogens with one attached hydrogen (secondary N) is 1. The monoisotopic (exact) mass is 295 g/mol. The number of hydrogen-bond donors (Lipinski definition) is 1. The first-order valence-corrected chi connectivity index (χ1v) is 7.25. The average molecular weight is 296 g/mol. The molecule has 1 unspecified atom stereocenters. The van der Waals surface area contributed by atoms with Crippen LogP contribution in [0.2, 0.25) is 5.02 Å². The van der Waals surface area contributed by atoms with Crippen LogP contribution in [0.25, 0.3) is 0 Å². The molecule has 0 aliphatic carbocycles. The lowest BCUT2D eigenvalue weighted by molar-refractivity contribution is 0.447. The maximum atomic E-state index is 6.16. The Hall–Kier alpha value is -1.33. The van der Waals surface area contributed by atoms with Crippen LogP contribution in [0, 0.1) is 13.8 Å². The van der Waals surface area contributed by atoms with E-state index in [0.29, 0.717) is 6.04 Å². The largest absolute Gasteiger partial charge is 0.312 e. The van der Waals surface area contributed by atoms with Gasteiger partial charge in [-0.1, -0.05) is 11.6 Å². The third-order valence-corrected chi connectivity index (χ3v) is 3.95. The minimum atomic E-state index is 0.348. The Morgan fingerprint density at radius 3 is 2.70 bits per heavy atom. The Morgan fingerprint density at radius 1 is 1.40 bits per heavy atom. The average Bonchev–Trinajstić information content (AvgIpc) is 2.90. The van der Waals surface area contributed by atoms with Crippen LogP contribution < -0.4 is 5.32 Å². The molecule has 2 aromatic heterocycles. The molecule has 2 rings (SSSR count). The van der Waals surface area contributed by atoms with Crippen molar-refractivity contribution in [1.29, 1.82) is 0 Å². The SMILES string of the molecule is Cc1nn(CC(C)NCCc2cnn(C)c2)c(C)c1Cl. The number of rotatable bonds is 6. The van der Waals surface area contributed by atoms with Gasteiger partial charge < -0.3 is 5.32 Å². The molecule has 0 fully saturated rings. The van der Waals surface area contributed by atoms with E-state index in [4.69, 9.17) is 11.6 Å². The number of hydrogen-bond acceptors (Lipinski definition) is 3. The molecular formula is C14H22ClN5. The van der Waals surface area contributed by atoms with Gasteiger partial charge in [-0.05, 0) is 39.3 Å². The van der Waals surface area contributed by atoms with Gasteiger partial charge in [-0.15, -0.1) is 0 Å². The van der Waals surface area contributed by atoms with E-state index in [1.54, 1.807) is 0 Å². The van der Waals surface area contributed by atoms with Crippen molar-refractivity contribution >= 4 is 11.6 Å². The fourth-order valence-corrected chi connectivity index (χ4v) is 2.38. The zero-order valence-electron chi connectivity index (χ0n) is 12.5. The summed E-state index contributed by atoms with van der Waals surface area (Å²) in [6.07, 6.45) is 4.94. The van der Waals surface area contributed by atoms with Crippen molar-refractivity contribution in [2.24, 2.45) is 7.05 Å². The Bertz CT molecular complexity index is 572. The highest BCUT2D eigenvalue weighted by atomic mass is 35.5.